The minimum atomic E-state index is -1.12. The summed E-state index contributed by atoms with van der Waals surface area (Å²) < 4.78 is 5.32. The molecule has 3 atom stereocenters. The van der Waals surface area contributed by atoms with Crippen molar-refractivity contribution in [2.75, 3.05) is 6.61 Å². The van der Waals surface area contributed by atoms with Crippen molar-refractivity contribution in [3.63, 3.8) is 0 Å². The maximum atomic E-state index is 11.7. The lowest BCUT2D eigenvalue weighted by Crippen LogP contribution is -2.57. The molecule has 0 aromatic carbocycles. The molecule has 1 aliphatic rings. The van der Waals surface area contributed by atoms with E-state index in [4.69, 9.17) is 4.74 Å². The second-order valence-corrected chi connectivity index (χ2v) is 3.99. The van der Waals surface area contributed by atoms with Gasteiger partial charge in [-0.05, 0) is 12.8 Å². The van der Waals surface area contributed by atoms with E-state index in [1.54, 1.807) is 0 Å². The first kappa shape index (κ1) is 13.1. The summed E-state index contributed by atoms with van der Waals surface area (Å²) in [5.41, 5.74) is 0. The van der Waals surface area contributed by atoms with Crippen LogP contribution in [0.15, 0.2) is 0 Å². The van der Waals surface area contributed by atoms with Crippen molar-refractivity contribution in [1.82, 2.24) is 5.32 Å². The van der Waals surface area contributed by atoms with Gasteiger partial charge in [-0.25, -0.2) is 0 Å². The van der Waals surface area contributed by atoms with Crippen LogP contribution in [0.2, 0.25) is 0 Å². The van der Waals surface area contributed by atoms with Gasteiger partial charge in [-0.3, -0.25) is 9.59 Å². The number of carbonyl (C=O) groups excluding carboxylic acids is 2. The van der Waals surface area contributed by atoms with Gasteiger partial charge in [-0.1, -0.05) is 13.8 Å². The van der Waals surface area contributed by atoms with Crippen LogP contribution >= 0.6 is 0 Å². The van der Waals surface area contributed by atoms with Crippen LogP contribution in [0, 0.1) is 0 Å². The molecule has 0 aromatic rings. The van der Waals surface area contributed by atoms with Gasteiger partial charge in [0.2, 0.25) is 5.91 Å². The highest BCUT2D eigenvalue weighted by molar-refractivity contribution is 5.93. The Balaban J connectivity index is 2.63. The fourth-order valence-corrected chi connectivity index (χ4v) is 1.77. The average molecular weight is 229 g/mol. The Morgan fingerprint density at radius 3 is 2.81 bits per heavy atom. The number of nitrogens with one attached hydrogen (secondary N) is 1. The largest absolute Gasteiger partial charge is 0.383 e. The summed E-state index contributed by atoms with van der Waals surface area (Å²) in [4.78, 5) is 23.1. The SMILES string of the molecule is CCCC(=O)N[C@@H]1C(=O)[C@H](O)COC1CC. The van der Waals surface area contributed by atoms with Gasteiger partial charge in [-0.15, -0.1) is 0 Å². The number of amides is 1. The van der Waals surface area contributed by atoms with E-state index < -0.39 is 12.1 Å². The summed E-state index contributed by atoms with van der Waals surface area (Å²) in [6.07, 6.45) is 0.310. The molecule has 5 heteroatoms. The monoisotopic (exact) mass is 229 g/mol. The number of aliphatic hydroxyl groups excluding tert-OH is 1. The van der Waals surface area contributed by atoms with Gasteiger partial charge in [0.1, 0.15) is 12.1 Å². The van der Waals surface area contributed by atoms with E-state index in [9.17, 15) is 14.7 Å². The average Bonchev–Trinajstić information content (AvgIpc) is 2.25. The molecule has 92 valence electrons. The van der Waals surface area contributed by atoms with Crippen molar-refractivity contribution in [2.45, 2.75) is 51.4 Å². The third kappa shape index (κ3) is 3.02. The number of ether oxygens (including phenoxy) is 1. The van der Waals surface area contributed by atoms with E-state index in [0.717, 1.165) is 6.42 Å². The van der Waals surface area contributed by atoms with Gasteiger partial charge in [0.25, 0.3) is 0 Å². The van der Waals surface area contributed by atoms with Crippen LogP contribution in [0.1, 0.15) is 33.1 Å². The van der Waals surface area contributed by atoms with E-state index in [1.165, 1.54) is 0 Å². The smallest absolute Gasteiger partial charge is 0.220 e. The van der Waals surface area contributed by atoms with Gasteiger partial charge < -0.3 is 15.2 Å². The normalized spacial score (nSPS) is 30.2. The van der Waals surface area contributed by atoms with Crippen LogP contribution in [0.4, 0.5) is 0 Å². The molecular weight excluding hydrogens is 210 g/mol. The molecule has 0 aromatic heterocycles. The first-order valence-electron chi connectivity index (χ1n) is 5.72. The fourth-order valence-electron chi connectivity index (χ4n) is 1.77. The number of hydrogen-bond donors (Lipinski definition) is 2. The summed E-state index contributed by atoms with van der Waals surface area (Å²) in [5, 5.41) is 12.0. The van der Waals surface area contributed by atoms with Crippen LogP contribution in [-0.4, -0.2) is 41.7 Å². The van der Waals surface area contributed by atoms with Gasteiger partial charge in [0.15, 0.2) is 5.78 Å². The molecule has 0 spiro atoms. The van der Waals surface area contributed by atoms with E-state index in [2.05, 4.69) is 5.32 Å². The van der Waals surface area contributed by atoms with E-state index in [-0.39, 0.29) is 24.4 Å². The molecule has 1 rings (SSSR count). The predicted octanol–water partition coefficient (Wildman–Crippen LogP) is 0.0101. The third-order valence-corrected chi connectivity index (χ3v) is 2.67. The van der Waals surface area contributed by atoms with Crippen molar-refractivity contribution in [1.29, 1.82) is 0 Å². The lowest BCUT2D eigenvalue weighted by atomic mass is 9.97. The third-order valence-electron chi connectivity index (χ3n) is 2.67. The van der Waals surface area contributed by atoms with Crippen LogP contribution in [0.5, 0.6) is 0 Å². The number of Topliss-reactive ketones (excluding diaryl/α,β-unsaturated/α-hetero) is 1. The molecule has 5 nitrogen and oxygen atoms in total. The molecule has 0 saturated carbocycles. The maximum absolute atomic E-state index is 11.7. The fraction of sp³-hybridized carbons (Fsp3) is 0.818. The molecule has 0 aliphatic carbocycles. The highest BCUT2D eigenvalue weighted by atomic mass is 16.5. The van der Waals surface area contributed by atoms with Crippen LogP contribution in [0.25, 0.3) is 0 Å². The van der Waals surface area contributed by atoms with Crippen molar-refractivity contribution in [3.8, 4) is 0 Å². The summed E-state index contributed by atoms with van der Waals surface area (Å²) in [6, 6.07) is -0.701. The van der Waals surface area contributed by atoms with Gasteiger partial charge in [0, 0.05) is 6.42 Å². The van der Waals surface area contributed by atoms with Gasteiger partial charge in [-0.2, -0.15) is 0 Å². The number of carbonyl (C=O) groups is 2. The number of aliphatic hydroxyl groups is 1. The van der Waals surface area contributed by atoms with Gasteiger partial charge in [0.05, 0.1) is 12.7 Å². The molecule has 1 saturated heterocycles. The molecule has 16 heavy (non-hydrogen) atoms. The molecule has 1 fully saturated rings. The van der Waals surface area contributed by atoms with Crippen LogP contribution in [-0.2, 0) is 14.3 Å². The first-order chi connectivity index (χ1) is 7.60. The lowest BCUT2D eigenvalue weighted by Gasteiger charge is -2.32. The Bertz CT molecular complexity index is 267. The van der Waals surface area contributed by atoms with Gasteiger partial charge >= 0.3 is 0 Å². The lowest BCUT2D eigenvalue weighted by molar-refractivity contribution is -0.151. The van der Waals surface area contributed by atoms with Crippen molar-refractivity contribution in [2.24, 2.45) is 0 Å². The molecule has 0 radical (unpaired) electrons. The number of hydrogen-bond acceptors (Lipinski definition) is 4. The topological polar surface area (TPSA) is 75.6 Å². The standard InChI is InChI=1S/C11H19NO4/c1-3-5-9(14)12-10-8(4-2)16-6-7(13)11(10)15/h7-8,10,13H,3-6H2,1-2H3,(H,12,14)/t7-,8?,10+/m1/s1. The maximum Gasteiger partial charge on any atom is 0.220 e. The summed E-state index contributed by atoms with van der Waals surface area (Å²) in [6.45, 7) is 3.80. The molecule has 1 unspecified atom stereocenters. The van der Waals surface area contributed by atoms with Crippen molar-refractivity contribution >= 4 is 11.7 Å². The molecule has 1 heterocycles. The molecular formula is C11H19NO4. The zero-order valence-corrected chi connectivity index (χ0v) is 9.73. The zero-order chi connectivity index (χ0) is 12.1. The highest BCUT2D eigenvalue weighted by Crippen LogP contribution is 2.14. The Kier molecular flexibility index (Phi) is 4.89. The summed E-state index contributed by atoms with van der Waals surface area (Å²) in [7, 11) is 0. The number of ketones is 1. The number of rotatable bonds is 4. The van der Waals surface area contributed by atoms with Crippen molar-refractivity contribution in [3.05, 3.63) is 0 Å². The minimum Gasteiger partial charge on any atom is -0.383 e. The second kappa shape index (κ2) is 5.96. The minimum absolute atomic E-state index is 0.0253. The zero-order valence-electron chi connectivity index (χ0n) is 9.73. The second-order valence-electron chi connectivity index (χ2n) is 3.99. The Labute approximate surface area is 95.2 Å². The molecule has 1 aliphatic heterocycles. The van der Waals surface area contributed by atoms with E-state index >= 15 is 0 Å². The molecule has 1 amide bonds. The quantitative estimate of drug-likeness (QED) is 0.712. The first-order valence-corrected chi connectivity index (χ1v) is 5.72. The molecule has 0 bridgehead atoms. The van der Waals surface area contributed by atoms with Crippen molar-refractivity contribution < 1.29 is 19.4 Å². The molecule has 2 N–H and O–H groups in total. The summed E-state index contributed by atoms with van der Waals surface area (Å²) >= 11 is 0. The summed E-state index contributed by atoms with van der Waals surface area (Å²) in [5.74, 6) is -0.514. The predicted molar refractivity (Wildman–Crippen MR) is 57.9 cm³/mol. The Morgan fingerprint density at radius 1 is 1.56 bits per heavy atom. The Morgan fingerprint density at radius 2 is 2.25 bits per heavy atom. The van der Waals surface area contributed by atoms with Crippen LogP contribution in [0.3, 0.4) is 0 Å². The van der Waals surface area contributed by atoms with E-state index in [0.29, 0.717) is 12.8 Å². The highest BCUT2D eigenvalue weighted by Gasteiger charge is 2.38. The van der Waals surface area contributed by atoms with Crippen LogP contribution < -0.4 is 5.32 Å². The Hall–Kier alpha value is -0.940. The van der Waals surface area contributed by atoms with E-state index in [1.807, 2.05) is 13.8 Å².